The molecule has 3 aromatic rings. The molecule has 0 unspecified atom stereocenters. The highest BCUT2D eigenvalue weighted by Crippen LogP contribution is 2.39. The predicted molar refractivity (Wildman–Crippen MR) is 83.3 cm³/mol. The Morgan fingerprint density at radius 1 is 0.783 bits per heavy atom. The molecule has 0 amide bonds. The lowest BCUT2D eigenvalue weighted by molar-refractivity contribution is 0.0838. The number of nitrogens with zero attached hydrogens (tertiary/aromatic N) is 1. The van der Waals surface area contributed by atoms with Crippen molar-refractivity contribution >= 4 is 9.84 Å². The van der Waals surface area contributed by atoms with Crippen molar-refractivity contribution in [3.63, 3.8) is 0 Å². The molecule has 3 nitrogen and oxygen atoms in total. The molecule has 0 fully saturated rings. The maximum Gasteiger partial charge on any atom is 0.389 e. The van der Waals surface area contributed by atoms with E-state index in [9.17, 15) is 17.2 Å². The molecular formula is C17H13F2NO2S. The monoisotopic (exact) mass is 333 g/mol. The third kappa shape index (κ3) is 2.55. The number of hydrogen-bond donors (Lipinski definition) is 0. The van der Waals surface area contributed by atoms with Crippen LogP contribution < -0.4 is 0 Å². The van der Waals surface area contributed by atoms with Crippen molar-refractivity contribution in [2.75, 3.05) is 0 Å². The second-order valence-electron chi connectivity index (χ2n) is 4.93. The number of alkyl halides is 2. The van der Waals surface area contributed by atoms with Crippen molar-refractivity contribution in [3.05, 3.63) is 84.7 Å². The fourth-order valence-electron chi connectivity index (χ4n) is 2.32. The molecule has 0 saturated heterocycles. The molecule has 0 aliphatic carbocycles. The first kappa shape index (κ1) is 15.4. The highest BCUT2D eigenvalue weighted by Gasteiger charge is 2.49. The Morgan fingerprint density at radius 3 is 1.96 bits per heavy atom. The van der Waals surface area contributed by atoms with E-state index in [1.807, 2.05) is 0 Å². The summed E-state index contributed by atoms with van der Waals surface area (Å²) in [5.74, 6) is 0. The average Bonchev–Trinajstić information content (AvgIpc) is 3.07. The van der Waals surface area contributed by atoms with Gasteiger partial charge >= 0.3 is 5.25 Å². The van der Waals surface area contributed by atoms with Gasteiger partial charge in [-0.2, -0.15) is 8.78 Å². The van der Waals surface area contributed by atoms with Crippen LogP contribution in [0.2, 0.25) is 0 Å². The van der Waals surface area contributed by atoms with Crippen LogP contribution in [-0.2, 0) is 15.1 Å². The lowest BCUT2D eigenvalue weighted by Gasteiger charge is -2.19. The van der Waals surface area contributed by atoms with E-state index in [4.69, 9.17) is 0 Å². The number of para-hydroxylation sites is 1. The number of hydrogen-bond acceptors (Lipinski definition) is 2. The SMILES string of the molecule is O=S(=O)(c1ccccc1)C(F)(F)c1cccn1-c1ccccc1. The number of halogens is 2. The van der Waals surface area contributed by atoms with Crippen LogP contribution >= 0.6 is 0 Å². The van der Waals surface area contributed by atoms with Gasteiger partial charge in [-0.15, -0.1) is 0 Å². The fourth-order valence-corrected chi connectivity index (χ4v) is 3.57. The van der Waals surface area contributed by atoms with Crippen LogP contribution in [0.5, 0.6) is 0 Å². The second-order valence-corrected chi connectivity index (χ2v) is 6.92. The Balaban J connectivity index is 2.14. The summed E-state index contributed by atoms with van der Waals surface area (Å²) in [6.45, 7) is 0. The van der Waals surface area contributed by atoms with Crippen molar-refractivity contribution in [2.24, 2.45) is 0 Å². The van der Waals surface area contributed by atoms with Crippen LogP contribution in [0.4, 0.5) is 8.78 Å². The third-order valence-electron chi connectivity index (χ3n) is 3.47. The van der Waals surface area contributed by atoms with Crippen LogP contribution in [0.25, 0.3) is 5.69 Å². The standard InChI is InChI=1S/C17H13F2NO2S/c18-17(19,23(21,22)15-10-5-2-6-11-15)16-12-7-13-20(16)14-8-3-1-4-9-14/h1-13H. The van der Waals surface area contributed by atoms with Crippen LogP contribution in [0, 0.1) is 0 Å². The van der Waals surface area contributed by atoms with Gasteiger partial charge in [-0.05, 0) is 36.4 Å². The molecule has 2 aromatic carbocycles. The molecule has 0 spiro atoms. The molecule has 1 heterocycles. The van der Waals surface area contributed by atoms with Crippen molar-refractivity contribution < 1.29 is 17.2 Å². The highest BCUT2D eigenvalue weighted by atomic mass is 32.2. The van der Waals surface area contributed by atoms with Crippen LogP contribution in [0.1, 0.15) is 5.69 Å². The van der Waals surface area contributed by atoms with Gasteiger partial charge in [0.15, 0.2) is 0 Å². The molecule has 0 aliphatic heterocycles. The highest BCUT2D eigenvalue weighted by molar-refractivity contribution is 7.92. The smallest absolute Gasteiger partial charge is 0.314 e. The van der Waals surface area contributed by atoms with Gasteiger partial charge in [-0.25, -0.2) is 8.42 Å². The molecule has 1 aromatic heterocycles. The van der Waals surface area contributed by atoms with E-state index in [1.165, 1.54) is 41.1 Å². The number of benzene rings is 2. The Hall–Kier alpha value is -2.47. The van der Waals surface area contributed by atoms with E-state index < -0.39 is 25.7 Å². The van der Waals surface area contributed by atoms with Crippen molar-refractivity contribution in [1.82, 2.24) is 4.57 Å². The van der Waals surface area contributed by atoms with Crippen LogP contribution in [0.3, 0.4) is 0 Å². The van der Waals surface area contributed by atoms with Crippen molar-refractivity contribution in [1.29, 1.82) is 0 Å². The second kappa shape index (κ2) is 5.62. The summed E-state index contributed by atoms with van der Waals surface area (Å²) in [6, 6.07) is 17.7. The van der Waals surface area contributed by atoms with Gasteiger partial charge in [0.1, 0.15) is 5.69 Å². The average molecular weight is 333 g/mol. The molecule has 118 valence electrons. The Kier molecular flexibility index (Phi) is 3.77. The molecule has 0 atom stereocenters. The maximum absolute atomic E-state index is 14.8. The quantitative estimate of drug-likeness (QED) is 0.724. The van der Waals surface area contributed by atoms with E-state index in [2.05, 4.69) is 0 Å². The summed E-state index contributed by atoms with van der Waals surface area (Å²) in [5.41, 5.74) is -0.122. The molecule has 0 radical (unpaired) electrons. The van der Waals surface area contributed by atoms with E-state index in [0.717, 1.165) is 6.07 Å². The number of aromatic nitrogens is 1. The Morgan fingerprint density at radius 2 is 1.35 bits per heavy atom. The zero-order valence-corrected chi connectivity index (χ0v) is 12.7. The summed E-state index contributed by atoms with van der Waals surface area (Å²) in [6.07, 6.45) is 1.42. The van der Waals surface area contributed by atoms with Gasteiger partial charge in [0.05, 0.1) is 4.90 Å². The van der Waals surface area contributed by atoms with Crippen LogP contribution in [-0.4, -0.2) is 13.0 Å². The summed E-state index contributed by atoms with van der Waals surface area (Å²) < 4.78 is 55.5. The molecule has 0 bridgehead atoms. The lowest BCUT2D eigenvalue weighted by atomic mass is 10.3. The summed E-state index contributed by atoms with van der Waals surface area (Å²) >= 11 is 0. The van der Waals surface area contributed by atoms with Gasteiger partial charge in [-0.3, -0.25) is 0 Å². The maximum atomic E-state index is 14.8. The minimum absolute atomic E-state index is 0.411. The zero-order valence-electron chi connectivity index (χ0n) is 11.9. The molecule has 0 N–H and O–H groups in total. The van der Waals surface area contributed by atoms with Gasteiger partial charge in [-0.1, -0.05) is 36.4 Å². The largest absolute Gasteiger partial charge is 0.389 e. The number of sulfone groups is 1. The fraction of sp³-hybridized carbons (Fsp3) is 0.0588. The van der Waals surface area contributed by atoms with Gasteiger partial charge in [0, 0.05) is 11.9 Å². The van der Waals surface area contributed by atoms with Gasteiger partial charge < -0.3 is 4.57 Å². The third-order valence-corrected chi connectivity index (χ3v) is 5.25. The summed E-state index contributed by atoms with van der Waals surface area (Å²) in [7, 11) is -4.85. The lowest BCUT2D eigenvalue weighted by Crippen LogP contribution is -2.28. The van der Waals surface area contributed by atoms with Crippen molar-refractivity contribution in [3.8, 4) is 5.69 Å². The normalized spacial score (nSPS) is 12.3. The molecule has 0 saturated carbocycles. The minimum atomic E-state index is -4.85. The Bertz CT molecular complexity index is 904. The van der Waals surface area contributed by atoms with Gasteiger partial charge in [0.25, 0.3) is 0 Å². The molecule has 6 heteroatoms. The van der Waals surface area contributed by atoms with E-state index in [0.29, 0.717) is 5.69 Å². The topological polar surface area (TPSA) is 39.1 Å². The summed E-state index contributed by atoms with van der Waals surface area (Å²) in [5, 5.41) is -4.05. The predicted octanol–water partition coefficient (Wildman–Crippen LogP) is 4.00. The van der Waals surface area contributed by atoms with Crippen LogP contribution in [0.15, 0.2) is 83.9 Å². The minimum Gasteiger partial charge on any atom is -0.314 e. The van der Waals surface area contributed by atoms with E-state index in [-0.39, 0.29) is 0 Å². The van der Waals surface area contributed by atoms with Gasteiger partial charge in [0.2, 0.25) is 9.84 Å². The van der Waals surface area contributed by atoms with E-state index in [1.54, 1.807) is 36.4 Å². The Labute approximate surface area is 132 Å². The summed E-state index contributed by atoms with van der Waals surface area (Å²) in [4.78, 5) is -0.411. The molecule has 3 rings (SSSR count). The zero-order chi connectivity index (χ0) is 16.5. The molecular weight excluding hydrogens is 320 g/mol. The first-order chi connectivity index (χ1) is 10.9. The first-order valence-electron chi connectivity index (χ1n) is 6.85. The van der Waals surface area contributed by atoms with E-state index >= 15 is 0 Å². The molecule has 23 heavy (non-hydrogen) atoms. The first-order valence-corrected chi connectivity index (χ1v) is 8.33. The van der Waals surface area contributed by atoms with Crippen molar-refractivity contribution in [2.45, 2.75) is 10.2 Å². The molecule has 0 aliphatic rings. The number of rotatable bonds is 4.